The number of halogens is 2. The Kier molecular flexibility index (Phi) is 9.02. The first-order valence-corrected chi connectivity index (χ1v) is 14.5. The Labute approximate surface area is 226 Å². The molecule has 0 spiro atoms. The van der Waals surface area contributed by atoms with Gasteiger partial charge < -0.3 is 14.5 Å². The van der Waals surface area contributed by atoms with Crippen molar-refractivity contribution in [2.45, 2.75) is 24.8 Å². The van der Waals surface area contributed by atoms with E-state index >= 15 is 0 Å². The van der Waals surface area contributed by atoms with Crippen LogP contribution in [0.25, 0.3) is 5.69 Å². The highest BCUT2D eigenvalue weighted by molar-refractivity contribution is 9.10. The highest BCUT2D eigenvalue weighted by Gasteiger charge is 2.30. The minimum Gasteiger partial charge on any atom is -0.385 e. The molecule has 0 aliphatic carbocycles. The van der Waals surface area contributed by atoms with Gasteiger partial charge in [0.05, 0.1) is 16.3 Å². The lowest BCUT2D eigenvalue weighted by Crippen LogP contribution is -2.45. The van der Waals surface area contributed by atoms with Gasteiger partial charge in [-0.15, -0.1) is 0 Å². The molecule has 2 aromatic carbocycles. The van der Waals surface area contributed by atoms with Gasteiger partial charge in [-0.25, -0.2) is 17.5 Å². The van der Waals surface area contributed by atoms with Crippen LogP contribution < -0.4 is 4.90 Å². The molecule has 2 heterocycles. The monoisotopic (exact) mass is 593 g/mol. The molecule has 0 saturated carbocycles. The summed E-state index contributed by atoms with van der Waals surface area (Å²) in [6.07, 6.45) is 0.549. The molecule has 1 fully saturated rings. The summed E-state index contributed by atoms with van der Waals surface area (Å²) < 4.78 is 51.0. The minimum absolute atomic E-state index is 0.144. The third-order valence-corrected chi connectivity index (χ3v) is 8.94. The van der Waals surface area contributed by atoms with Gasteiger partial charge in [0.15, 0.2) is 0 Å². The van der Waals surface area contributed by atoms with Crippen molar-refractivity contribution < 1.29 is 17.5 Å². The van der Waals surface area contributed by atoms with Crippen LogP contribution in [0.3, 0.4) is 0 Å². The highest BCUT2D eigenvalue weighted by Crippen LogP contribution is 2.31. The maximum Gasteiger partial charge on any atom is 0.243 e. The molecule has 0 bridgehead atoms. The van der Waals surface area contributed by atoms with Crippen molar-refractivity contribution in [3.8, 4) is 5.69 Å². The Balaban J connectivity index is 1.78. The molecule has 4 rings (SSSR count). The van der Waals surface area contributed by atoms with E-state index in [2.05, 4.69) is 32.8 Å². The number of ether oxygens (including phenoxy) is 1. The maximum absolute atomic E-state index is 14.2. The molecule has 37 heavy (non-hydrogen) atoms. The number of benzene rings is 2. The van der Waals surface area contributed by atoms with Crippen LogP contribution >= 0.6 is 15.9 Å². The molecule has 8 nitrogen and oxygen atoms in total. The number of aromatic nitrogens is 2. The summed E-state index contributed by atoms with van der Waals surface area (Å²) in [6, 6.07) is 13.0. The van der Waals surface area contributed by atoms with Crippen LogP contribution in [0.5, 0.6) is 0 Å². The first-order valence-electron chi connectivity index (χ1n) is 12.2. The summed E-state index contributed by atoms with van der Waals surface area (Å²) >= 11 is 3.38. The molecule has 1 aliphatic heterocycles. The number of rotatable bonds is 10. The lowest BCUT2D eigenvalue weighted by atomic mass is 10.2. The van der Waals surface area contributed by atoms with Gasteiger partial charge in [-0.3, -0.25) is 0 Å². The van der Waals surface area contributed by atoms with Crippen molar-refractivity contribution in [3.63, 3.8) is 0 Å². The number of likely N-dealkylation sites (N-methyl/N-ethyl adjacent to an activating group) is 1. The summed E-state index contributed by atoms with van der Waals surface area (Å²) in [6.45, 7) is 6.00. The minimum atomic E-state index is -3.80. The van der Waals surface area contributed by atoms with Crippen molar-refractivity contribution in [2.24, 2.45) is 0 Å². The SMILES string of the molecule is COCCCN(Cc1c(C)nn(-c2cccc(F)c2)c1N1CCN(C)CC1)S(=O)(=O)c1ccc(Br)cc1. The Hall–Kier alpha value is -2.31. The fourth-order valence-corrected chi connectivity index (χ4v) is 6.18. The largest absolute Gasteiger partial charge is 0.385 e. The zero-order valence-corrected chi connectivity index (χ0v) is 23.8. The van der Waals surface area contributed by atoms with Crippen LogP contribution in [-0.2, 0) is 21.3 Å². The fraction of sp³-hybridized carbons (Fsp3) is 0.423. The second-order valence-corrected chi connectivity index (χ2v) is 12.1. The number of anilines is 1. The van der Waals surface area contributed by atoms with Crippen LogP contribution in [0.15, 0.2) is 57.9 Å². The molecule has 3 aromatic rings. The lowest BCUT2D eigenvalue weighted by molar-refractivity contribution is 0.186. The first-order chi connectivity index (χ1) is 17.7. The third-order valence-electron chi connectivity index (χ3n) is 6.55. The zero-order valence-electron chi connectivity index (χ0n) is 21.4. The number of methoxy groups -OCH3 is 1. The molecule has 0 unspecified atom stereocenters. The van der Waals surface area contributed by atoms with Gasteiger partial charge in [0.2, 0.25) is 10.0 Å². The average Bonchev–Trinajstić information content (AvgIpc) is 3.20. The molecule has 1 saturated heterocycles. The first kappa shape index (κ1) is 27.7. The molecule has 11 heteroatoms. The number of sulfonamides is 1. The van der Waals surface area contributed by atoms with E-state index in [1.165, 1.54) is 16.4 Å². The van der Waals surface area contributed by atoms with E-state index in [4.69, 9.17) is 9.84 Å². The van der Waals surface area contributed by atoms with Crippen LogP contribution in [0, 0.1) is 12.7 Å². The Morgan fingerprint density at radius 1 is 1.11 bits per heavy atom. The second-order valence-electron chi connectivity index (χ2n) is 9.21. The van der Waals surface area contributed by atoms with Gasteiger partial charge in [0, 0.05) is 63.0 Å². The lowest BCUT2D eigenvalue weighted by Gasteiger charge is -2.35. The van der Waals surface area contributed by atoms with Gasteiger partial charge in [-0.1, -0.05) is 22.0 Å². The van der Waals surface area contributed by atoms with Crippen molar-refractivity contribution in [1.82, 2.24) is 19.0 Å². The van der Waals surface area contributed by atoms with E-state index in [1.54, 1.807) is 42.1 Å². The number of aryl methyl sites for hydroxylation is 1. The molecule has 1 aromatic heterocycles. The smallest absolute Gasteiger partial charge is 0.243 e. The van der Waals surface area contributed by atoms with Gasteiger partial charge in [0.25, 0.3) is 0 Å². The van der Waals surface area contributed by atoms with E-state index in [9.17, 15) is 12.8 Å². The van der Waals surface area contributed by atoms with Crippen molar-refractivity contribution in [3.05, 3.63) is 70.1 Å². The topological polar surface area (TPSA) is 70.9 Å². The summed E-state index contributed by atoms with van der Waals surface area (Å²) in [4.78, 5) is 4.70. The van der Waals surface area contributed by atoms with Gasteiger partial charge in [0.1, 0.15) is 11.6 Å². The van der Waals surface area contributed by atoms with Gasteiger partial charge in [-0.05, 0) is 62.9 Å². The highest BCUT2D eigenvalue weighted by atomic mass is 79.9. The standard InChI is InChI=1S/C26H33BrFN5O3S/c1-20-25(19-32(12-5-17-36-3)37(34,35)24-10-8-21(27)9-11-24)26(31-15-13-30(2)14-16-31)33(29-20)23-7-4-6-22(28)18-23/h4,6-11,18H,5,12-17,19H2,1-3H3. The van der Waals surface area contributed by atoms with E-state index in [-0.39, 0.29) is 17.3 Å². The Morgan fingerprint density at radius 2 is 1.81 bits per heavy atom. The maximum atomic E-state index is 14.2. The number of hydrogen-bond acceptors (Lipinski definition) is 6. The quantitative estimate of drug-likeness (QED) is 0.330. The molecular formula is C26H33BrFN5O3S. The van der Waals surface area contributed by atoms with Crippen LogP contribution in [0.2, 0.25) is 0 Å². The van der Waals surface area contributed by atoms with Crippen LogP contribution in [0.4, 0.5) is 10.2 Å². The summed E-state index contributed by atoms with van der Waals surface area (Å²) in [5.41, 5.74) is 2.12. The summed E-state index contributed by atoms with van der Waals surface area (Å²) in [5.74, 6) is 0.453. The normalized spacial score (nSPS) is 15.0. The van der Waals surface area contributed by atoms with Crippen molar-refractivity contribution in [2.75, 3.05) is 58.4 Å². The predicted octanol–water partition coefficient (Wildman–Crippen LogP) is 4.06. The number of hydrogen-bond donors (Lipinski definition) is 0. The zero-order chi connectivity index (χ0) is 26.6. The van der Waals surface area contributed by atoms with E-state index in [0.29, 0.717) is 31.0 Å². The van der Waals surface area contributed by atoms with E-state index in [0.717, 1.165) is 42.0 Å². The Morgan fingerprint density at radius 3 is 2.46 bits per heavy atom. The molecular weight excluding hydrogens is 561 g/mol. The van der Waals surface area contributed by atoms with Crippen LogP contribution in [0.1, 0.15) is 17.7 Å². The molecule has 0 amide bonds. The molecule has 1 aliphatic rings. The molecule has 0 N–H and O–H groups in total. The van der Waals surface area contributed by atoms with Crippen molar-refractivity contribution in [1.29, 1.82) is 0 Å². The number of piperazine rings is 1. The number of nitrogens with zero attached hydrogens (tertiary/aromatic N) is 5. The molecule has 200 valence electrons. The Bertz CT molecular complexity index is 1310. The summed E-state index contributed by atoms with van der Waals surface area (Å²) in [7, 11) is -0.116. The second kappa shape index (κ2) is 12.0. The fourth-order valence-electron chi connectivity index (χ4n) is 4.46. The van der Waals surface area contributed by atoms with Gasteiger partial charge >= 0.3 is 0 Å². The predicted molar refractivity (Wildman–Crippen MR) is 146 cm³/mol. The van der Waals surface area contributed by atoms with E-state index < -0.39 is 10.0 Å². The average molecular weight is 595 g/mol. The van der Waals surface area contributed by atoms with Gasteiger partial charge in [-0.2, -0.15) is 9.40 Å². The molecule has 0 atom stereocenters. The third kappa shape index (κ3) is 6.40. The molecule has 0 radical (unpaired) electrons. The van der Waals surface area contributed by atoms with Crippen LogP contribution in [-0.4, -0.2) is 80.9 Å². The van der Waals surface area contributed by atoms with E-state index in [1.807, 2.05) is 13.0 Å². The van der Waals surface area contributed by atoms with Crippen molar-refractivity contribution >= 4 is 31.8 Å². The summed E-state index contributed by atoms with van der Waals surface area (Å²) in [5, 5.41) is 4.77.